The van der Waals surface area contributed by atoms with Crippen molar-refractivity contribution in [2.45, 2.75) is 12.5 Å². The summed E-state index contributed by atoms with van der Waals surface area (Å²) in [5.41, 5.74) is 6.08. The quantitative estimate of drug-likeness (QED) is 0.910. The molecule has 20 heavy (non-hydrogen) atoms. The first-order valence-corrected chi connectivity index (χ1v) is 7.32. The van der Waals surface area contributed by atoms with Crippen molar-refractivity contribution in [1.82, 2.24) is 9.80 Å². The van der Waals surface area contributed by atoms with E-state index in [1.807, 2.05) is 32.0 Å². The molecule has 4 nitrogen and oxygen atoms in total. The molecule has 1 heterocycles. The maximum atomic E-state index is 14.2. The van der Waals surface area contributed by atoms with Gasteiger partial charge < -0.3 is 15.5 Å². The van der Waals surface area contributed by atoms with Gasteiger partial charge in [-0.1, -0.05) is 15.9 Å². The molecule has 1 aliphatic heterocycles. The highest BCUT2D eigenvalue weighted by molar-refractivity contribution is 9.10. The lowest BCUT2D eigenvalue weighted by molar-refractivity contribution is 0.200. The number of guanidine groups is 1. The number of hydrogen-bond acceptors (Lipinski definition) is 4. The molecule has 1 aliphatic rings. The monoisotopic (exact) mass is 342 g/mol. The van der Waals surface area contributed by atoms with Gasteiger partial charge in [0.2, 0.25) is 0 Å². The van der Waals surface area contributed by atoms with Crippen LogP contribution in [0.25, 0.3) is 0 Å². The number of aliphatic imine (C=N–C) groups is 1. The molecule has 1 aromatic carbocycles. The van der Waals surface area contributed by atoms with Gasteiger partial charge in [0.15, 0.2) is 5.96 Å². The van der Waals surface area contributed by atoms with Crippen LogP contribution in [0.5, 0.6) is 0 Å². The van der Waals surface area contributed by atoms with Crippen molar-refractivity contribution in [3.63, 3.8) is 0 Å². The lowest BCUT2D eigenvalue weighted by Gasteiger charge is -2.37. The fraction of sp³-hybridized carbons (Fsp3) is 0.500. The Hall–Kier alpha value is -1.14. The summed E-state index contributed by atoms with van der Waals surface area (Å²) in [5.74, 6) is 0.254. The van der Waals surface area contributed by atoms with E-state index in [-0.39, 0.29) is 5.82 Å². The number of likely N-dealkylation sites (N-methyl/N-ethyl adjacent to an activating group) is 1. The number of nitrogens with two attached hydrogens (primary N) is 1. The van der Waals surface area contributed by atoms with Crippen LogP contribution in [0.15, 0.2) is 27.7 Å². The van der Waals surface area contributed by atoms with Gasteiger partial charge in [0.05, 0.1) is 12.1 Å². The minimum absolute atomic E-state index is 0.226. The van der Waals surface area contributed by atoms with E-state index in [0.717, 1.165) is 11.0 Å². The maximum Gasteiger partial charge on any atom is 0.192 e. The summed E-state index contributed by atoms with van der Waals surface area (Å²) < 4.78 is 15.1. The second kappa shape index (κ2) is 5.69. The summed E-state index contributed by atoms with van der Waals surface area (Å²) in [6.45, 7) is 4.00. The first-order valence-electron chi connectivity index (χ1n) is 6.52. The average Bonchev–Trinajstić information content (AvgIpc) is 2.67. The molecule has 0 aliphatic carbocycles. The zero-order chi connectivity index (χ0) is 14.9. The van der Waals surface area contributed by atoms with Gasteiger partial charge >= 0.3 is 0 Å². The molecule has 110 valence electrons. The van der Waals surface area contributed by atoms with Crippen molar-refractivity contribution in [3.8, 4) is 0 Å². The first-order chi connectivity index (χ1) is 9.34. The second-order valence-electron chi connectivity index (χ2n) is 5.53. The highest BCUT2D eigenvalue weighted by Gasteiger charge is 2.41. The van der Waals surface area contributed by atoms with Gasteiger partial charge in [0.1, 0.15) is 5.82 Å². The Bertz CT molecular complexity index is 532. The van der Waals surface area contributed by atoms with Crippen molar-refractivity contribution < 1.29 is 4.39 Å². The molecule has 0 saturated heterocycles. The van der Waals surface area contributed by atoms with E-state index in [1.165, 1.54) is 6.07 Å². The lowest BCUT2D eigenvalue weighted by Crippen LogP contribution is -2.50. The molecule has 0 radical (unpaired) electrons. The molecule has 0 saturated carbocycles. The first kappa shape index (κ1) is 15.3. The molecule has 0 fully saturated rings. The molecule has 1 unspecified atom stereocenters. The van der Waals surface area contributed by atoms with Crippen LogP contribution >= 0.6 is 15.9 Å². The molecule has 2 N–H and O–H groups in total. The van der Waals surface area contributed by atoms with Crippen molar-refractivity contribution >= 4 is 21.9 Å². The Morgan fingerprint density at radius 3 is 2.85 bits per heavy atom. The van der Waals surface area contributed by atoms with Gasteiger partial charge in [-0.05, 0) is 39.2 Å². The van der Waals surface area contributed by atoms with Crippen LogP contribution in [-0.4, -0.2) is 49.5 Å². The smallest absolute Gasteiger partial charge is 0.192 e. The maximum absolute atomic E-state index is 14.2. The third kappa shape index (κ3) is 2.81. The number of rotatable bonds is 4. The van der Waals surface area contributed by atoms with Crippen LogP contribution in [0.1, 0.15) is 12.5 Å². The van der Waals surface area contributed by atoms with Gasteiger partial charge in [-0.15, -0.1) is 0 Å². The van der Waals surface area contributed by atoms with Crippen LogP contribution in [0.3, 0.4) is 0 Å². The fourth-order valence-electron chi connectivity index (χ4n) is 2.46. The molecule has 6 heteroatoms. The van der Waals surface area contributed by atoms with Gasteiger partial charge in [0, 0.05) is 23.1 Å². The number of benzene rings is 1. The highest BCUT2D eigenvalue weighted by Crippen LogP contribution is 2.35. The molecule has 1 aromatic rings. The van der Waals surface area contributed by atoms with E-state index >= 15 is 0 Å². The Morgan fingerprint density at radius 2 is 2.20 bits per heavy atom. The van der Waals surface area contributed by atoms with Crippen LogP contribution in [0.4, 0.5) is 4.39 Å². The fourth-order valence-corrected chi connectivity index (χ4v) is 2.82. The van der Waals surface area contributed by atoms with E-state index in [1.54, 1.807) is 6.07 Å². The Kier molecular flexibility index (Phi) is 4.34. The zero-order valence-electron chi connectivity index (χ0n) is 12.0. The normalized spacial score (nSPS) is 22.5. The Balaban J connectivity index is 2.34. The molecule has 0 amide bonds. The topological polar surface area (TPSA) is 44.9 Å². The van der Waals surface area contributed by atoms with Gasteiger partial charge in [0.25, 0.3) is 0 Å². The van der Waals surface area contributed by atoms with E-state index in [4.69, 9.17) is 5.73 Å². The summed E-state index contributed by atoms with van der Waals surface area (Å²) in [6.07, 6.45) is 0. The minimum Gasteiger partial charge on any atom is -0.370 e. The Morgan fingerprint density at radius 1 is 1.50 bits per heavy atom. The predicted molar refractivity (Wildman–Crippen MR) is 83.2 cm³/mol. The summed E-state index contributed by atoms with van der Waals surface area (Å²) >= 11 is 3.40. The summed E-state index contributed by atoms with van der Waals surface area (Å²) in [4.78, 5) is 8.37. The molecule has 0 spiro atoms. The summed E-state index contributed by atoms with van der Waals surface area (Å²) in [5, 5.41) is 0. The molecule has 2 rings (SSSR count). The third-order valence-electron chi connectivity index (χ3n) is 3.70. The predicted octanol–water partition coefficient (Wildman–Crippen LogP) is 2.00. The number of halogens is 2. The van der Waals surface area contributed by atoms with Crippen LogP contribution < -0.4 is 5.73 Å². The minimum atomic E-state index is -0.534. The Labute approximate surface area is 127 Å². The zero-order valence-corrected chi connectivity index (χ0v) is 13.6. The summed E-state index contributed by atoms with van der Waals surface area (Å²) in [6, 6.07) is 4.99. The van der Waals surface area contributed by atoms with Crippen molar-refractivity contribution in [3.05, 3.63) is 34.1 Å². The van der Waals surface area contributed by atoms with E-state index < -0.39 is 5.54 Å². The summed E-state index contributed by atoms with van der Waals surface area (Å²) in [7, 11) is 4.00. The van der Waals surface area contributed by atoms with Gasteiger partial charge in [-0.3, -0.25) is 4.99 Å². The molecular formula is C14H20BrFN4. The molecule has 0 bridgehead atoms. The van der Waals surface area contributed by atoms with Crippen LogP contribution in [0, 0.1) is 5.82 Å². The molecular weight excluding hydrogens is 323 g/mol. The SMILES string of the molecule is CN(C)CCN1C(N)=NCC1(C)c1cc(Br)ccc1F. The van der Waals surface area contributed by atoms with E-state index in [9.17, 15) is 4.39 Å². The van der Waals surface area contributed by atoms with E-state index in [0.29, 0.717) is 24.6 Å². The number of nitrogens with zero attached hydrogens (tertiary/aromatic N) is 3. The van der Waals surface area contributed by atoms with E-state index in [2.05, 4.69) is 25.8 Å². The average molecular weight is 343 g/mol. The van der Waals surface area contributed by atoms with Crippen molar-refractivity contribution in [2.24, 2.45) is 10.7 Å². The van der Waals surface area contributed by atoms with Crippen molar-refractivity contribution in [2.75, 3.05) is 33.7 Å². The second-order valence-corrected chi connectivity index (χ2v) is 6.44. The van der Waals surface area contributed by atoms with Crippen molar-refractivity contribution in [1.29, 1.82) is 0 Å². The lowest BCUT2D eigenvalue weighted by atomic mass is 9.90. The largest absolute Gasteiger partial charge is 0.370 e. The third-order valence-corrected chi connectivity index (χ3v) is 4.19. The standard InChI is InChI=1S/C14H20BrFN4/c1-14(11-8-10(15)4-5-12(11)16)9-18-13(17)20(14)7-6-19(2)3/h4-5,8H,6-7,9H2,1-3H3,(H2,17,18). The number of hydrogen-bond donors (Lipinski definition) is 1. The molecule has 0 aromatic heterocycles. The van der Waals surface area contributed by atoms with Gasteiger partial charge in [-0.2, -0.15) is 0 Å². The van der Waals surface area contributed by atoms with Gasteiger partial charge in [-0.25, -0.2) is 4.39 Å². The molecule has 1 atom stereocenters. The van der Waals surface area contributed by atoms with Crippen LogP contribution in [0.2, 0.25) is 0 Å². The van der Waals surface area contributed by atoms with Crippen LogP contribution in [-0.2, 0) is 5.54 Å². The highest BCUT2D eigenvalue weighted by atomic mass is 79.9.